The highest BCUT2D eigenvalue weighted by molar-refractivity contribution is 6.06. The van der Waals surface area contributed by atoms with Crippen molar-refractivity contribution in [2.45, 2.75) is 26.3 Å². The van der Waals surface area contributed by atoms with Gasteiger partial charge in [0.1, 0.15) is 0 Å². The molecule has 0 saturated carbocycles. The summed E-state index contributed by atoms with van der Waals surface area (Å²) < 4.78 is 0. The summed E-state index contributed by atoms with van der Waals surface area (Å²) in [5, 5.41) is 2.37. The van der Waals surface area contributed by atoms with Gasteiger partial charge < -0.3 is 4.90 Å². The second kappa shape index (κ2) is 8.27. The van der Waals surface area contributed by atoms with Gasteiger partial charge in [0.15, 0.2) is 0 Å². The van der Waals surface area contributed by atoms with Crippen molar-refractivity contribution in [3.05, 3.63) is 108 Å². The molecule has 0 N–H and O–H groups in total. The molecule has 0 aliphatic heterocycles. The third-order valence-electron chi connectivity index (χ3n) is 5.18. The zero-order valence-corrected chi connectivity index (χ0v) is 16.7. The van der Waals surface area contributed by atoms with E-state index >= 15 is 0 Å². The number of carbonyl (C=O) groups excluding carboxylic acids is 1. The fraction of sp³-hybridized carbons (Fsp3) is 0.154. The second-order valence-corrected chi connectivity index (χ2v) is 7.56. The highest BCUT2D eigenvalue weighted by Crippen LogP contribution is 2.23. The SMILES string of the molecule is CC(C)c1ccc(C(=O)N(Cc2ccc3ccccc3c2)c2cccnc2)cc1. The molecule has 0 bridgehead atoms. The minimum absolute atomic E-state index is 0.0264. The molecule has 0 saturated heterocycles. The Labute approximate surface area is 171 Å². The molecule has 144 valence electrons. The van der Waals surface area contributed by atoms with E-state index in [0.717, 1.165) is 11.3 Å². The number of aromatic nitrogens is 1. The van der Waals surface area contributed by atoms with Crippen LogP contribution in [-0.2, 0) is 6.54 Å². The smallest absolute Gasteiger partial charge is 0.258 e. The first-order chi connectivity index (χ1) is 14.1. The van der Waals surface area contributed by atoms with Crippen LogP contribution in [0.4, 0.5) is 5.69 Å². The van der Waals surface area contributed by atoms with Crippen LogP contribution < -0.4 is 4.90 Å². The van der Waals surface area contributed by atoms with E-state index < -0.39 is 0 Å². The fourth-order valence-electron chi connectivity index (χ4n) is 3.48. The van der Waals surface area contributed by atoms with Crippen LogP contribution in [0, 0.1) is 0 Å². The van der Waals surface area contributed by atoms with Gasteiger partial charge in [0, 0.05) is 11.8 Å². The van der Waals surface area contributed by atoms with Crippen LogP contribution in [0.3, 0.4) is 0 Å². The fourth-order valence-corrected chi connectivity index (χ4v) is 3.48. The Morgan fingerprint density at radius 3 is 2.34 bits per heavy atom. The molecule has 0 aliphatic rings. The molecule has 0 atom stereocenters. The normalized spacial score (nSPS) is 11.0. The summed E-state index contributed by atoms with van der Waals surface area (Å²) >= 11 is 0. The summed E-state index contributed by atoms with van der Waals surface area (Å²) in [6, 6.07) is 26.3. The lowest BCUT2D eigenvalue weighted by atomic mass is 10.0. The van der Waals surface area contributed by atoms with Crippen LogP contribution >= 0.6 is 0 Å². The van der Waals surface area contributed by atoms with Crippen molar-refractivity contribution in [3.63, 3.8) is 0 Å². The zero-order valence-electron chi connectivity index (χ0n) is 16.7. The lowest BCUT2D eigenvalue weighted by molar-refractivity contribution is 0.0985. The largest absolute Gasteiger partial charge is 0.302 e. The first-order valence-electron chi connectivity index (χ1n) is 9.91. The number of rotatable bonds is 5. The number of pyridine rings is 1. The first kappa shape index (κ1) is 18.9. The Kier molecular flexibility index (Phi) is 5.39. The van der Waals surface area contributed by atoms with E-state index in [-0.39, 0.29) is 5.91 Å². The molecule has 1 amide bonds. The second-order valence-electron chi connectivity index (χ2n) is 7.56. The molecule has 1 aromatic heterocycles. The zero-order chi connectivity index (χ0) is 20.2. The number of hydrogen-bond donors (Lipinski definition) is 0. The van der Waals surface area contributed by atoms with Crippen LogP contribution in [0.15, 0.2) is 91.3 Å². The van der Waals surface area contributed by atoms with Crippen LogP contribution in [0.2, 0.25) is 0 Å². The third kappa shape index (κ3) is 4.19. The monoisotopic (exact) mass is 380 g/mol. The van der Waals surface area contributed by atoms with E-state index in [1.165, 1.54) is 16.3 Å². The Bertz CT molecular complexity index is 1120. The maximum Gasteiger partial charge on any atom is 0.258 e. The molecule has 0 radical (unpaired) electrons. The average molecular weight is 380 g/mol. The topological polar surface area (TPSA) is 33.2 Å². The highest BCUT2D eigenvalue weighted by atomic mass is 16.2. The molecule has 3 heteroatoms. The van der Waals surface area contributed by atoms with Crippen LogP contribution in [0.1, 0.15) is 41.3 Å². The van der Waals surface area contributed by atoms with Gasteiger partial charge in [-0.25, -0.2) is 0 Å². The van der Waals surface area contributed by atoms with E-state index in [4.69, 9.17) is 0 Å². The van der Waals surface area contributed by atoms with Gasteiger partial charge in [-0.15, -0.1) is 0 Å². The van der Waals surface area contributed by atoms with E-state index in [1.807, 2.05) is 48.5 Å². The Balaban J connectivity index is 1.68. The number of nitrogens with zero attached hydrogens (tertiary/aromatic N) is 2. The van der Waals surface area contributed by atoms with Gasteiger partial charge in [0.2, 0.25) is 0 Å². The van der Waals surface area contributed by atoms with Gasteiger partial charge in [-0.05, 0) is 58.1 Å². The van der Waals surface area contributed by atoms with Crippen LogP contribution in [0.25, 0.3) is 10.8 Å². The minimum atomic E-state index is -0.0264. The van der Waals surface area contributed by atoms with Gasteiger partial charge in [0.25, 0.3) is 5.91 Å². The van der Waals surface area contributed by atoms with Gasteiger partial charge in [-0.2, -0.15) is 0 Å². The number of anilines is 1. The van der Waals surface area contributed by atoms with Crippen molar-refractivity contribution in [2.24, 2.45) is 0 Å². The highest BCUT2D eigenvalue weighted by Gasteiger charge is 2.19. The van der Waals surface area contributed by atoms with Gasteiger partial charge >= 0.3 is 0 Å². The minimum Gasteiger partial charge on any atom is -0.302 e. The predicted molar refractivity (Wildman–Crippen MR) is 119 cm³/mol. The molecule has 0 fully saturated rings. The Morgan fingerprint density at radius 2 is 1.66 bits per heavy atom. The van der Waals surface area contributed by atoms with E-state index in [0.29, 0.717) is 18.0 Å². The molecule has 1 heterocycles. The lowest BCUT2D eigenvalue weighted by Crippen LogP contribution is -2.30. The summed E-state index contributed by atoms with van der Waals surface area (Å²) in [6.07, 6.45) is 3.46. The lowest BCUT2D eigenvalue weighted by Gasteiger charge is -2.23. The van der Waals surface area contributed by atoms with Gasteiger partial charge in [0.05, 0.1) is 18.4 Å². The van der Waals surface area contributed by atoms with Gasteiger partial charge in [-0.1, -0.05) is 62.4 Å². The molecule has 29 heavy (non-hydrogen) atoms. The molecule has 3 aromatic carbocycles. The molecule has 0 aliphatic carbocycles. The molecule has 0 unspecified atom stereocenters. The van der Waals surface area contributed by atoms with Gasteiger partial charge in [-0.3, -0.25) is 9.78 Å². The van der Waals surface area contributed by atoms with Crippen molar-refractivity contribution < 1.29 is 4.79 Å². The van der Waals surface area contributed by atoms with E-state index in [2.05, 4.69) is 49.2 Å². The van der Waals surface area contributed by atoms with Crippen molar-refractivity contribution in [1.29, 1.82) is 0 Å². The van der Waals surface area contributed by atoms with E-state index in [9.17, 15) is 4.79 Å². The summed E-state index contributed by atoms with van der Waals surface area (Å²) in [4.78, 5) is 19.4. The van der Waals surface area contributed by atoms with Crippen LogP contribution in [0.5, 0.6) is 0 Å². The molecular weight excluding hydrogens is 356 g/mol. The maximum absolute atomic E-state index is 13.4. The van der Waals surface area contributed by atoms with Crippen molar-refractivity contribution in [2.75, 3.05) is 4.90 Å². The predicted octanol–water partition coefficient (Wildman–Crippen LogP) is 6.21. The number of carbonyl (C=O) groups is 1. The quantitative estimate of drug-likeness (QED) is 0.413. The molecule has 4 aromatic rings. The summed E-state index contributed by atoms with van der Waals surface area (Å²) in [6.45, 7) is 4.79. The van der Waals surface area contributed by atoms with Crippen LogP contribution in [-0.4, -0.2) is 10.9 Å². The summed E-state index contributed by atoms with van der Waals surface area (Å²) in [5.41, 5.74) is 3.78. The standard InChI is InChI=1S/C26H24N2O/c1-19(2)21-11-13-23(14-12-21)26(29)28(25-8-5-15-27-17-25)18-20-9-10-22-6-3-4-7-24(22)16-20/h3-17,19H,18H2,1-2H3. The molecule has 4 rings (SSSR count). The molecule has 0 spiro atoms. The average Bonchev–Trinajstić information content (AvgIpc) is 2.77. The number of hydrogen-bond acceptors (Lipinski definition) is 2. The Hall–Kier alpha value is -3.46. The number of amides is 1. The summed E-state index contributed by atoms with van der Waals surface area (Å²) in [7, 11) is 0. The first-order valence-corrected chi connectivity index (χ1v) is 9.91. The maximum atomic E-state index is 13.4. The third-order valence-corrected chi connectivity index (χ3v) is 5.18. The number of fused-ring (bicyclic) bond motifs is 1. The number of benzene rings is 3. The van der Waals surface area contributed by atoms with Crippen molar-refractivity contribution >= 4 is 22.4 Å². The van der Waals surface area contributed by atoms with Crippen molar-refractivity contribution in [3.8, 4) is 0 Å². The molecular formula is C26H24N2O. The molecule has 3 nitrogen and oxygen atoms in total. The van der Waals surface area contributed by atoms with E-state index in [1.54, 1.807) is 17.3 Å². The van der Waals surface area contributed by atoms with Crippen molar-refractivity contribution in [1.82, 2.24) is 4.98 Å². The summed E-state index contributed by atoms with van der Waals surface area (Å²) in [5.74, 6) is 0.410. The Morgan fingerprint density at radius 1 is 0.897 bits per heavy atom.